The highest BCUT2D eigenvalue weighted by Gasteiger charge is 2.32. The molecule has 0 spiro atoms. The summed E-state index contributed by atoms with van der Waals surface area (Å²) in [6.07, 6.45) is 4.88. The average Bonchev–Trinajstić information content (AvgIpc) is 2.54. The van der Waals surface area contributed by atoms with Crippen molar-refractivity contribution in [3.8, 4) is 6.07 Å². The van der Waals surface area contributed by atoms with Crippen molar-refractivity contribution in [3.05, 3.63) is 59.7 Å². The summed E-state index contributed by atoms with van der Waals surface area (Å²) in [6.45, 7) is 4.00. The normalized spacial score (nSPS) is 13.2. The fourth-order valence-electron chi connectivity index (χ4n) is 2.41. The maximum atomic E-state index is 13.0. The third kappa shape index (κ3) is 3.03. The van der Waals surface area contributed by atoms with Gasteiger partial charge in [-0.15, -0.1) is 0 Å². The number of nitrogens with one attached hydrogen (secondary N) is 1. The Morgan fingerprint density at radius 3 is 2.52 bits per heavy atom. The van der Waals surface area contributed by atoms with Crippen molar-refractivity contribution < 1.29 is 4.39 Å². The summed E-state index contributed by atoms with van der Waals surface area (Å²) in [6, 6.07) is 10.3. The highest BCUT2D eigenvalue weighted by molar-refractivity contribution is 5.52. The molecule has 0 aliphatic rings. The van der Waals surface area contributed by atoms with Crippen LogP contribution in [-0.4, -0.2) is 4.98 Å². The van der Waals surface area contributed by atoms with Crippen LogP contribution in [0.15, 0.2) is 42.7 Å². The molecule has 21 heavy (non-hydrogen) atoms. The van der Waals surface area contributed by atoms with E-state index in [2.05, 4.69) is 23.3 Å². The summed E-state index contributed by atoms with van der Waals surface area (Å²) in [5.74, 6) is -0.296. The number of rotatable bonds is 5. The third-order valence-electron chi connectivity index (χ3n) is 3.68. The summed E-state index contributed by atoms with van der Waals surface area (Å²) in [5.41, 5.74) is 1.81. The molecule has 4 heteroatoms. The maximum Gasteiger partial charge on any atom is 0.152 e. The molecule has 2 rings (SSSR count). The van der Waals surface area contributed by atoms with Gasteiger partial charge in [0.05, 0.1) is 6.07 Å². The van der Waals surface area contributed by atoms with Crippen LogP contribution in [0.3, 0.4) is 0 Å². The molecule has 0 fully saturated rings. The Labute approximate surface area is 124 Å². The summed E-state index contributed by atoms with van der Waals surface area (Å²) in [4.78, 5) is 4.16. The van der Waals surface area contributed by atoms with E-state index >= 15 is 0 Å². The Morgan fingerprint density at radius 2 is 1.95 bits per heavy atom. The van der Waals surface area contributed by atoms with Crippen molar-refractivity contribution in [2.45, 2.75) is 32.2 Å². The Bertz CT molecular complexity index is 646. The first-order chi connectivity index (χ1) is 10.1. The predicted octanol–water partition coefficient (Wildman–Crippen LogP) is 4.02. The number of hydrogen-bond acceptors (Lipinski definition) is 3. The number of anilines is 1. The first kappa shape index (κ1) is 15.0. The molecule has 1 N–H and O–H groups in total. The Hall–Kier alpha value is -2.41. The first-order valence-corrected chi connectivity index (χ1v) is 7.03. The molecule has 0 saturated carbocycles. The van der Waals surface area contributed by atoms with Crippen LogP contribution in [0.2, 0.25) is 0 Å². The molecule has 0 radical (unpaired) electrons. The lowest BCUT2D eigenvalue weighted by molar-refractivity contribution is 0.594. The zero-order valence-electron chi connectivity index (χ0n) is 12.2. The van der Waals surface area contributed by atoms with Crippen molar-refractivity contribution in [1.82, 2.24) is 4.98 Å². The number of pyridine rings is 1. The van der Waals surface area contributed by atoms with Crippen LogP contribution in [0.1, 0.15) is 31.4 Å². The van der Waals surface area contributed by atoms with Gasteiger partial charge in [-0.1, -0.05) is 13.8 Å². The average molecular weight is 283 g/mol. The lowest BCUT2D eigenvalue weighted by Gasteiger charge is -2.29. The van der Waals surface area contributed by atoms with Gasteiger partial charge in [-0.3, -0.25) is 4.98 Å². The third-order valence-corrected chi connectivity index (χ3v) is 3.68. The molecule has 0 saturated heterocycles. The summed E-state index contributed by atoms with van der Waals surface area (Å²) in [5, 5.41) is 13.0. The zero-order chi connectivity index (χ0) is 15.3. The minimum atomic E-state index is -0.864. The second-order valence-electron chi connectivity index (χ2n) is 4.89. The minimum Gasteiger partial charge on any atom is -0.364 e. The fourth-order valence-corrected chi connectivity index (χ4v) is 2.41. The van der Waals surface area contributed by atoms with Crippen LogP contribution >= 0.6 is 0 Å². The van der Waals surface area contributed by atoms with Gasteiger partial charge in [0.15, 0.2) is 5.54 Å². The molecule has 1 heterocycles. The fraction of sp³-hybridized carbons (Fsp3) is 0.294. The van der Waals surface area contributed by atoms with E-state index in [1.807, 2.05) is 13.0 Å². The van der Waals surface area contributed by atoms with E-state index in [0.29, 0.717) is 12.1 Å². The molecular weight excluding hydrogens is 265 g/mol. The molecule has 0 aliphatic heterocycles. The molecule has 1 unspecified atom stereocenters. The summed E-state index contributed by atoms with van der Waals surface area (Å²) >= 11 is 0. The van der Waals surface area contributed by atoms with Crippen LogP contribution in [0.4, 0.5) is 10.1 Å². The molecule has 0 aliphatic carbocycles. The quantitative estimate of drug-likeness (QED) is 0.901. The number of halogens is 1. The van der Waals surface area contributed by atoms with Crippen LogP contribution in [0.25, 0.3) is 0 Å². The van der Waals surface area contributed by atoms with E-state index in [9.17, 15) is 9.65 Å². The van der Waals surface area contributed by atoms with E-state index in [1.54, 1.807) is 24.5 Å². The highest BCUT2D eigenvalue weighted by atomic mass is 19.1. The van der Waals surface area contributed by atoms with Crippen molar-refractivity contribution in [2.75, 3.05) is 5.32 Å². The molecule has 1 aromatic carbocycles. The SMILES string of the molecule is CCc1ccncc1C(C#N)(CC)Nc1ccc(F)cc1. The zero-order valence-corrected chi connectivity index (χ0v) is 12.2. The highest BCUT2D eigenvalue weighted by Crippen LogP contribution is 2.31. The topological polar surface area (TPSA) is 48.7 Å². The molecule has 0 amide bonds. The van der Waals surface area contributed by atoms with Gasteiger partial charge in [0, 0.05) is 23.6 Å². The van der Waals surface area contributed by atoms with Crippen LogP contribution in [-0.2, 0) is 12.0 Å². The smallest absolute Gasteiger partial charge is 0.152 e. The van der Waals surface area contributed by atoms with Crippen LogP contribution in [0.5, 0.6) is 0 Å². The van der Waals surface area contributed by atoms with Crippen molar-refractivity contribution in [2.24, 2.45) is 0 Å². The molecule has 1 aromatic heterocycles. The van der Waals surface area contributed by atoms with Crippen LogP contribution < -0.4 is 5.32 Å². The van der Waals surface area contributed by atoms with E-state index in [1.165, 1.54) is 12.1 Å². The van der Waals surface area contributed by atoms with Crippen molar-refractivity contribution >= 4 is 5.69 Å². The second kappa shape index (κ2) is 6.36. The Kier molecular flexibility index (Phi) is 4.54. The molecule has 0 bridgehead atoms. The molecule has 108 valence electrons. The maximum absolute atomic E-state index is 13.0. The van der Waals surface area contributed by atoms with Gasteiger partial charge in [0.1, 0.15) is 5.82 Å². The number of benzene rings is 1. The van der Waals surface area contributed by atoms with Crippen molar-refractivity contribution in [3.63, 3.8) is 0 Å². The standard InChI is InChI=1S/C17H18FN3/c1-3-13-9-10-20-11-16(13)17(4-2,12-19)21-15-7-5-14(18)6-8-15/h5-11,21H,3-4H2,1-2H3. The van der Waals surface area contributed by atoms with E-state index < -0.39 is 5.54 Å². The first-order valence-electron chi connectivity index (χ1n) is 7.03. The van der Waals surface area contributed by atoms with Gasteiger partial charge < -0.3 is 5.32 Å². The van der Waals surface area contributed by atoms with E-state index in [0.717, 1.165) is 17.5 Å². The van der Waals surface area contributed by atoms with Gasteiger partial charge in [0.25, 0.3) is 0 Å². The second-order valence-corrected chi connectivity index (χ2v) is 4.89. The lowest BCUT2D eigenvalue weighted by Crippen LogP contribution is -2.34. The number of aryl methyl sites for hydroxylation is 1. The van der Waals surface area contributed by atoms with E-state index in [4.69, 9.17) is 0 Å². The van der Waals surface area contributed by atoms with Crippen LogP contribution in [0, 0.1) is 17.1 Å². The van der Waals surface area contributed by atoms with Gasteiger partial charge >= 0.3 is 0 Å². The molecule has 2 aromatic rings. The van der Waals surface area contributed by atoms with Gasteiger partial charge in [-0.25, -0.2) is 4.39 Å². The Balaban J connectivity index is 2.45. The number of aromatic nitrogens is 1. The minimum absolute atomic E-state index is 0.296. The number of hydrogen-bond donors (Lipinski definition) is 1. The van der Waals surface area contributed by atoms with Gasteiger partial charge in [-0.2, -0.15) is 5.26 Å². The largest absolute Gasteiger partial charge is 0.364 e. The predicted molar refractivity (Wildman–Crippen MR) is 81.2 cm³/mol. The van der Waals surface area contributed by atoms with Gasteiger partial charge in [0.2, 0.25) is 0 Å². The Morgan fingerprint density at radius 1 is 1.24 bits per heavy atom. The molecule has 1 atom stereocenters. The number of nitrogens with zero attached hydrogens (tertiary/aromatic N) is 2. The van der Waals surface area contributed by atoms with E-state index in [-0.39, 0.29) is 5.82 Å². The molecule has 3 nitrogen and oxygen atoms in total. The lowest BCUT2D eigenvalue weighted by atomic mass is 9.85. The summed E-state index contributed by atoms with van der Waals surface area (Å²) in [7, 11) is 0. The molecular formula is C17H18FN3. The van der Waals surface area contributed by atoms with Gasteiger partial charge in [-0.05, 0) is 48.7 Å². The summed E-state index contributed by atoms with van der Waals surface area (Å²) < 4.78 is 13.0. The monoisotopic (exact) mass is 283 g/mol. The van der Waals surface area contributed by atoms with Crippen molar-refractivity contribution in [1.29, 1.82) is 5.26 Å². The number of nitriles is 1.